The van der Waals surface area contributed by atoms with Crippen LogP contribution in [-0.4, -0.2) is 69.4 Å². The molecule has 0 radical (unpaired) electrons. The number of benzene rings is 1. The quantitative estimate of drug-likeness (QED) is 0.382. The molecule has 3 heterocycles. The van der Waals surface area contributed by atoms with Crippen molar-refractivity contribution in [2.24, 2.45) is 5.92 Å². The lowest BCUT2D eigenvalue weighted by Crippen LogP contribution is -2.47. The number of hydrogen-bond donors (Lipinski definition) is 2. The van der Waals surface area contributed by atoms with Gasteiger partial charge in [0.15, 0.2) is 5.82 Å². The van der Waals surface area contributed by atoms with E-state index in [0.717, 1.165) is 17.5 Å². The number of nitrogens with one attached hydrogen (secondary N) is 1. The molecule has 2 aliphatic rings. The molecule has 1 aliphatic heterocycles. The van der Waals surface area contributed by atoms with Crippen LogP contribution < -0.4 is 15.1 Å². The van der Waals surface area contributed by atoms with E-state index < -0.39 is 24.1 Å². The van der Waals surface area contributed by atoms with Gasteiger partial charge in [-0.05, 0) is 36.2 Å². The minimum Gasteiger partial charge on any atom is -0.480 e. The zero-order valence-electron chi connectivity index (χ0n) is 21.8. The average Bonchev–Trinajstić information content (AvgIpc) is 2.98. The van der Waals surface area contributed by atoms with Crippen molar-refractivity contribution in [2.75, 3.05) is 41.3 Å². The van der Waals surface area contributed by atoms with E-state index >= 15 is 0 Å². The highest BCUT2D eigenvalue weighted by molar-refractivity contribution is 6.30. The predicted molar refractivity (Wildman–Crippen MR) is 150 cm³/mol. The Morgan fingerprint density at radius 3 is 2.39 bits per heavy atom. The van der Waals surface area contributed by atoms with E-state index in [4.69, 9.17) is 11.6 Å². The molecule has 2 atom stereocenters. The van der Waals surface area contributed by atoms with E-state index in [-0.39, 0.29) is 24.6 Å². The Hall–Kier alpha value is -4.19. The predicted octanol–water partition coefficient (Wildman–Crippen LogP) is 4.88. The van der Waals surface area contributed by atoms with Crippen LogP contribution in [0.2, 0.25) is 5.02 Å². The Labute approximate surface area is 239 Å². The highest BCUT2D eigenvalue weighted by Gasteiger charge is 2.38. The molecule has 214 valence electrons. The van der Waals surface area contributed by atoms with Crippen molar-refractivity contribution in [3.8, 4) is 0 Å². The molecular weight excluding hydrogens is 559 g/mol. The van der Waals surface area contributed by atoms with Crippen molar-refractivity contribution >= 4 is 40.9 Å². The van der Waals surface area contributed by atoms with Crippen LogP contribution in [0.1, 0.15) is 17.8 Å². The topological polar surface area (TPSA) is 107 Å². The fourth-order valence-corrected chi connectivity index (χ4v) is 4.74. The van der Waals surface area contributed by atoms with E-state index in [1.54, 1.807) is 30.5 Å². The number of halogens is 4. The van der Waals surface area contributed by atoms with Crippen LogP contribution in [0.4, 0.5) is 30.9 Å². The van der Waals surface area contributed by atoms with Gasteiger partial charge in [0, 0.05) is 49.4 Å². The second-order valence-electron chi connectivity index (χ2n) is 9.71. The van der Waals surface area contributed by atoms with Gasteiger partial charge in [-0.1, -0.05) is 48.0 Å². The number of rotatable bonds is 8. The third kappa shape index (κ3) is 7.12. The van der Waals surface area contributed by atoms with Gasteiger partial charge in [-0.2, -0.15) is 28.1 Å². The Bertz CT molecular complexity index is 1430. The van der Waals surface area contributed by atoms with Crippen LogP contribution in [0.3, 0.4) is 0 Å². The van der Waals surface area contributed by atoms with Crippen molar-refractivity contribution < 1.29 is 23.1 Å². The Morgan fingerprint density at radius 1 is 1.05 bits per heavy atom. The van der Waals surface area contributed by atoms with Gasteiger partial charge in [-0.15, -0.1) is 0 Å². The summed E-state index contributed by atoms with van der Waals surface area (Å²) in [4.78, 5) is 34.1. The summed E-state index contributed by atoms with van der Waals surface area (Å²) in [6.07, 6.45) is 1.17. The molecule has 0 amide bonds. The molecule has 1 fully saturated rings. The number of carboxylic acids is 1. The second kappa shape index (κ2) is 12.1. The molecule has 1 saturated heterocycles. The molecule has 5 rings (SSSR count). The van der Waals surface area contributed by atoms with Crippen LogP contribution >= 0.6 is 11.6 Å². The third-order valence-corrected chi connectivity index (χ3v) is 7.14. The van der Waals surface area contributed by atoms with E-state index in [1.807, 2.05) is 23.1 Å². The van der Waals surface area contributed by atoms with Gasteiger partial charge in [0.2, 0.25) is 11.9 Å². The zero-order valence-corrected chi connectivity index (χ0v) is 22.6. The zero-order chi connectivity index (χ0) is 29.0. The Balaban J connectivity index is 1.41. The lowest BCUT2D eigenvalue weighted by atomic mass is 9.96. The van der Waals surface area contributed by atoms with Crippen LogP contribution in [0.15, 0.2) is 66.9 Å². The van der Waals surface area contributed by atoms with E-state index in [1.165, 1.54) is 12.2 Å². The van der Waals surface area contributed by atoms with Gasteiger partial charge in [-0.25, -0.2) is 9.78 Å². The van der Waals surface area contributed by atoms with Crippen molar-refractivity contribution in [1.82, 2.24) is 19.9 Å². The molecule has 2 N–H and O–H groups in total. The fourth-order valence-electron chi connectivity index (χ4n) is 4.62. The van der Waals surface area contributed by atoms with Crippen molar-refractivity contribution in [2.45, 2.75) is 25.1 Å². The fraction of sp³-hybridized carbons (Fsp3) is 0.321. The molecule has 41 heavy (non-hydrogen) atoms. The monoisotopic (exact) mass is 585 g/mol. The smallest absolute Gasteiger partial charge is 0.395 e. The summed E-state index contributed by atoms with van der Waals surface area (Å²) in [5.41, 5.74) is 1.15. The van der Waals surface area contributed by atoms with Crippen LogP contribution in [-0.2, 0) is 11.2 Å². The Morgan fingerprint density at radius 2 is 1.78 bits per heavy atom. The Kier molecular flexibility index (Phi) is 8.39. The SMILES string of the molecule is O=C(O)C(Cc1ccc(Cl)cc1)Nc1nc(C2=CCC(C(F)(F)F)C=C2)nc(N2CCN(c3ccccn3)CC2)n1. The molecule has 0 bridgehead atoms. The van der Waals surface area contributed by atoms with Crippen molar-refractivity contribution in [1.29, 1.82) is 0 Å². The van der Waals surface area contributed by atoms with Crippen molar-refractivity contribution in [3.05, 3.63) is 83.3 Å². The molecule has 1 aliphatic carbocycles. The molecule has 9 nitrogen and oxygen atoms in total. The van der Waals surface area contributed by atoms with Gasteiger partial charge in [0.25, 0.3) is 0 Å². The number of hydrogen-bond acceptors (Lipinski definition) is 8. The van der Waals surface area contributed by atoms with Gasteiger partial charge in [0.1, 0.15) is 11.9 Å². The highest BCUT2D eigenvalue weighted by Crippen LogP contribution is 2.35. The number of anilines is 3. The van der Waals surface area contributed by atoms with Gasteiger partial charge >= 0.3 is 12.1 Å². The number of aromatic nitrogens is 4. The molecule has 2 aromatic heterocycles. The number of alkyl halides is 3. The van der Waals surface area contributed by atoms with Gasteiger partial charge < -0.3 is 20.2 Å². The van der Waals surface area contributed by atoms with Crippen LogP contribution in [0.5, 0.6) is 0 Å². The van der Waals surface area contributed by atoms with Gasteiger partial charge in [-0.3, -0.25) is 0 Å². The maximum Gasteiger partial charge on any atom is 0.395 e. The third-order valence-electron chi connectivity index (χ3n) is 6.89. The van der Waals surface area contributed by atoms with Crippen LogP contribution in [0, 0.1) is 5.92 Å². The number of allylic oxidation sites excluding steroid dienone is 4. The summed E-state index contributed by atoms with van der Waals surface area (Å²) in [6, 6.07) is 11.4. The molecule has 0 saturated carbocycles. The second-order valence-corrected chi connectivity index (χ2v) is 10.1. The average molecular weight is 586 g/mol. The summed E-state index contributed by atoms with van der Waals surface area (Å²) in [5.74, 6) is -1.35. The standard InChI is InChI=1S/C28H27ClF3N7O2/c29-21-10-4-18(5-11-21)17-22(25(40)41)34-26-35-24(19-6-8-20(9-7-19)28(30,31)32)36-27(37-26)39-15-13-38(14-16-39)23-3-1-2-12-33-23/h1-8,10-12,20,22H,9,13-17H2,(H,40,41)(H,34,35,36,37). The normalized spacial score (nSPS) is 18.1. The summed E-state index contributed by atoms with van der Waals surface area (Å²) in [5, 5.41) is 13.3. The molecule has 13 heteroatoms. The number of carbonyl (C=O) groups is 1. The number of pyridine rings is 1. The summed E-state index contributed by atoms with van der Waals surface area (Å²) < 4.78 is 39.6. The van der Waals surface area contributed by atoms with E-state index in [2.05, 4.69) is 30.2 Å². The summed E-state index contributed by atoms with van der Waals surface area (Å²) >= 11 is 5.96. The molecule has 1 aromatic carbocycles. The maximum atomic E-state index is 13.2. The largest absolute Gasteiger partial charge is 0.480 e. The van der Waals surface area contributed by atoms with Crippen molar-refractivity contribution in [3.63, 3.8) is 0 Å². The lowest BCUT2D eigenvalue weighted by Gasteiger charge is -2.35. The molecule has 2 unspecified atom stereocenters. The minimum absolute atomic E-state index is 0.0192. The minimum atomic E-state index is -4.35. The first kappa shape index (κ1) is 28.3. The molecule has 0 spiro atoms. The maximum absolute atomic E-state index is 13.2. The molecular formula is C28H27ClF3N7O2. The lowest BCUT2D eigenvalue weighted by molar-refractivity contribution is -0.160. The number of carboxylic acid groups (broad SMARTS) is 1. The number of aliphatic carboxylic acids is 1. The first-order valence-corrected chi connectivity index (χ1v) is 13.4. The summed E-state index contributed by atoms with van der Waals surface area (Å²) in [6.45, 7) is 2.39. The number of nitrogens with zero attached hydrogens (tertiary/aromatic N) is 6. The first-order valence-electron chi connectivity index (χ1n) is 13.0. The van der Waals surface area contributed by atoms with E-state index in [0.29, 0.717) is 42.7 Å². The van der Waals surface area contributed by atoms with Crippen LogP contribution in [0.25, 0.3) is 5.57 Å². The highest BCUT2D eigenvalue weighted by atomic mass is 35.5. The van der Waals surface area contributed by atoms with E-state index in [9.17, 15) is 23.1 Å². The molecule has 3 aromatic rings. The number of piperazine rings is 1. The summed E-state index contributed by atoms with van der Waals surface area (Å²) in [7, 11) is 0. The first-order chi connectivity index (χ1) is 19.7. The van der Waals surface area contributed by atoms with Gasteiger partial charge in [0.05, 0.1) is 5.92 Å².